The summed E-state index contributed by atoms with van der Waals surface area (Å²) in [4.78, 5) is 44.5. The third-order valence-corrected chi connectivity index (χ3v) is 19.1. The van der Waals surface area contributed by atoms with Crippen LogP contribution in [0.1, 0.15) is 79.9 Å². The van der Waals surface area contributed by atoms with Crippen molar-refractivity contribution in [3.05, 3.63) is 119 Å². The molecule has 4 N–H and O–H groups in total. The van der Waals surface area contributed by atoms with Gasteiger partial charge in [0.15, 0.2) is 13.9 Å². The molecule has 1 atom stereocenters. The number of aromatic hydroxyl groups is 1. The van der Waals surface area contributed by atoms with E-state index in [0.29, 0.717) is 53.0 Å². The number of hydrogen-bond donors (Lipinski definition) is 4. The minimum absolute atomic E-state index is 0.0199. The van der Waals surface area contributed by atoms with Crippen LogP contribution in [-0.2, 0) is 32.5 Å². The molecule has 0 bridgehead atoms. The number of H-pyrrole nitrogens is 1. The highest BCUT2D eigenvalue weighted by Gasteiger charge is 2.48. The number of rotatable bonds is 18. The zero-order valence-corrected chi connectivity index (χ0v) is 38.5. The standard InChI is InChI=1S/C46H58N4O8S2Si/c1-45(2,3)61(5,6)58-38(33-17-20-36(51)42-34(33)18-21-41(52)48-42)29-47-23-22-30-12-19-35-37(28-30)56-44(55)50(35)25-9-24-49(4)31-13-15-32(16-14-31)57-46(43(53)54,39-10-7-26-59-39)40-11-8-27-60-40/h7-8,10-12,17-21,26-28,31-32,38,47,51H,9,13-16,22-25,29H2,1-6H3,(H,48,52)(H,53,54)/t31-,32-,38-/m0/s1. The van der Waals surface area contributed by atoms with Gasteiger partial charge in [0.2, 0.25) is 11.2 Å². The van der Waals surface area contributed by atoms with Crippen LogP contribution in [0.2, 0.25) is 18.1 Å². The number of nitrogens with one attached hydrogen (secondary N) is 2. The number of fused-ring (bicyclic) bond motifs is 2. The third kappa shape index (κ3) is 9.68. The number of pyridine rings is 1. The van der Waals surface area contributed by atoms with Gasteiger partial charge in [-0.25, -0.2) is 9.59 Å². The number of phenolic OH excluding ortho intramolecular Hbond substituents is 1. The summed E-state index contributed by atoms with van der Waals surface area (Å²) < 4.78 is 21.0. The number of carbonyl (C=O) groups is 1. The molecule has 0 radical (unpaired) electrons. The Morgan fingerprint density at radius 3 is 2.36 bits per heavy atom. The SMILES string of the molecule is CN(CCCn1c(=O)oc2cc(CCNC[C@H](O[Si](C)(C)C(C)(C)C)c3ccc(O)c4[nH]c(=O)ccc34)ccc21)[C@H]1CC[C@H](OC(C(=O)O)(c2cccs2)c2cccs2)CC1. The normalized spacial score (nSPS) is 17.1. The summed E-state index contributed by atoms with van der Waals surface area (Å²) in [5.41, 5.74) is 1.92. The number of benzene rings is 2. The Hall–Kier alpha value is -4.35. The predicted octanol–water partition coefficient (Wildman–Crippen LogP) is 8.84. The molecule has 4 heterocycles. The molecule has 1 fully saturated rings. The fraction of sp³-hybridized carbons (Fsp3) is 0.457. The summed E-state index contributed by atoms with van der Waals surface area (Å²) in [7, 11) is -0.0938. The van der Waals surface area contributed by atoms with Gasteiger partial charge >= 0.3 is 11.7 Å². The number of phenols is 1. The molecule has 4 aromatic heterocycles. The van der Waals surface area contributed by atoms with Gasteiger partial charge in [-0.1, -0.05) is 45.0 Å². The van der Waals surface area contributed by atoms with Gasteiger partial charge in [0.05, 0.1) is 33.0 Å². The van der Waals surface area contributed by atoms with Crippen molar-refractivity contribution in [2.75, 3.05) is 26.7 Å². The summed E-state index contributed by atoms with van der Waals surface area (Å²) in [6.07, 6.45) is 4.35. The molecule has 7 rings (SSSR count). The van der Waals surface area contributed by atoms with E-state index in [1.807, 2.05) is 59.3 Å². The van der Waals surface area contributed by atoms with E-state index in [1.165, 1.54) is 28.7 Å². The number of aryl methyl sites for hydroxylation is 1. The second-order valence-corrected chi connectivity index (χ2v) is 24.4. The van der Waals surface area contributed by atoms with Gasteiger partial charge in [0.25, 0.3) is 0 Å². The lowest BCUT2D eigenvalue weighted by atomic mass is 9.90. The Balaban J connectivity index is 0.924. The van der Waals surface area contributed by atoms with Crippen molar-refractivity contribution < 1.29 is 28.6 Å². The zero-order chi connectivity index (χ0) is 43.5. The number of carboxylic acid groups (broad SMARTS) is 1. The van der Waals surface area contributed by atoms with Crippen LogP contribution in [0, 0.1) is 0 Å². The first-order valence-electron chi connectivity index (χ1n) is 21.1. The van der Waals surface area contributed by atoms with Crippen molar-refractivity contribution in [3.8, 4) is 5.75 Å². The Morgan fingerprint density at radius 1 is 1.02 bits per heavy atom. The molecule has 6 aromatic rings. The van der Waals surface area contributed by atoms with Crippen molar-refractivity contribution in [1.29, 1.82) is 0 Å². The molecule has 1 saturated carbocycles. The highest BCUT2D eigenvalue weighted by atomic mass is 32.1. The van der Waals surface area contributed by atoms with Crippen LogP contribution in [-0.4, -0.2) is 77.8 Å². The first-order valence-corrected chi connectivity index (χ1v) is 25.8. The topological polar surface area (TPSA) is 159 Å². The second kappa shape index (κ2) is 18.6. The van der Waals surface area contributed by atoms with Gasteiger partial charge in [-0.15, -0.1) is 22.7 Å². The Kier molecular flexibility index (Phi) is 13.6. The number of aliphatic carboxylic acids is 1. The van der Waals surface area contributed by atoms with Gasteiger partial charge in [-0.05, 0) is 135 Å². The van der Waals surface area contributed by atoms with Crippen molar-refractivity contribution in [3.63, 3.8) is 0 Å². The fourth-order valence-corrected chi connectivity index (χ4v) is 11.3. The number of ether oxygens (including phenoxy) is 1. The first-order chi connectivity index (χ1) is 29.1. The number of oxazole rings is 1. The molecule has 12 nitrogen and oxygen atoms in total. The van der Waals surface area contributed by atoms with E-state index < -0.39 is 19.9 Å². The molecule has 1 aliphatic carbocycles. The lowest BCUT2D eigenvalue weighted by molar-refractivity contribution is -0.170. The molecule has 0 unspecified atom stereocenters. The van der Waals surface area contributed by atoms with E-state index >= 15 is 0 Å². The monoisotopic (exact) mass is 886 g/mol. The molecule has 2 aromatic carbocycles. The maximum Gasteiger partial charge on any atom is 0.419 e. The lowest BCUT2D eigenvalue weighted by Crippen LogP contribution is -2.44. The van der Waals surface area contributed by atoms with Crippen LogP contribution >= 0.6 is 22.7 Å². The molecule has 1 aliphatic rings. The van der Waals surface area contributed by atoms with Crippen LogP contribution in [0.15, 0.2) is 91.5 Å². The average Bonchev–Trinajstić information content (AvgIpc) is 4.02. The smallest absolute Gasteiger partial charge is 0.419 e. The van der Waals surface area contributed by atoms with E-state index in [4.69, 9.17) is 13.6 Å². The van der Waals surface area contributed by atoms with E-state index in [9.17, 15) is 24.6 Å². The highest BCUT2D eigenvalue weighted by Crippen LogP contribution is 2.43. The summed E-state index contributed by atoms with van der Waals surface area (Å²) in [5.74, 6) is -1.33. The van der Waals surface area contributed by atoms with Gasteiger partial charge in [-0.3, -0.25) is 9.36 Å². The average molecular weight is 887 g/mol. The van der Waals surface area contributed by atoms with Crippen LogP contribution < -0.4 is 16.6 Å². The van der Waals surface area contributed by atoms with E-state index in [0.717, 1.165) is 60.7 Å². The first kappa shape index (κ1) is 44.7. The zero-order valence-electron chi connectivity index (χ0n) is 35.9. The lowest BCUT2D eigenvalue weighted by Gasteiger charge is -2.39. The van der Waals surface area contributed by atoms with Gasteiger partial charge in [-0.2, -0.15) is 0 Å². The second-order valence-electron chi connectivity index (χ2n) is 17.8. The minimum atomic E-state index is -2.22. The van der Waals surface area contributed by atoms with Gasteiger partial charge in [0.1, 0.15) is 5.75 Å². The van der Waals surface area contributed by atoms with Crippen LogP contribution in [0.5, 0.6) is 5.75 Å². The predicted molar refractivity (Wildman–Crippen MR) is 246 cm³/mol. The summed E-state index contributed by atoms with van der Waals surface area (Å²) in [6, 6.07) is 20.5. The van der Waals surface area contributed by atoms with Crippen molar-refractivity contribution in [2.24, 2.45) is 0 Å². The maximum atomic E-state index is 13.1. The molecular weight excluding hydrogens is 829 g/mol. The maximum absolute atomic E-state index is 13.1. The number of aromatic nitrogens is 2. The summed E-state index contributed by atoms with van der Waals surface area (Å²) in [5, 5.41) is 29.2. The highest BCUT2D eigenvalue weighted by molar-refractivity contribution is 7.12. The number of nitrogens with zero attached hydrogens (tertiary/aromatic N) is 2. The molecule has 61 heavy (non-hydrogen) atoms. The number of aromatic amines is 1. The third-order valence-electron chi connectivity index (χ3n) is 12.7. The van der Waals surface area contributed by atoms with E-state index in [1.54, 1.807) is 16.7 Å². The molecule has 0 saturated heterocycles. The number of thiophene rings is 2. The van der Waals surface area contributed by atoms with Gasteiger partial charge < -0.3 is 39.0 Å². The van der Waals surface area contributed by atoms with E-state index in [-0.39, 0.29) is 34.3 Å². The molecule has 0 aliphatic heterocycles. The Bertz CT molecular complexity index is 2500. The molecule has 0 spiro atoms. The molecular formula is C46H58N4O8S2Si. The fourth-order valence-electron chi connectivity index (χ4n) is 8.20. The molecule has 0 amide bonds. The quantitative estimate of drug-likeness (QED) is 0.0485. The molecule has 326 valence electrons. The minimum Gasteiger partial charge on any atom is -0.506 e. The van der Waals surface area contributed by atoms with Crippen molar-refractivity contribution >= 4 is 59.0 Å². The Labute approximate surface area is 365 Å². The molecule has 15 heteroatoms. The van der Waals surface area contributed by atoms with Crippen molar-refractivity contribution in [1.82, 2.24) is 19.8 Å². The largest absolute Gasteiger partial charge is 0.506 e. The van der Waals surface area contributed by atoms with Gasteiger partial charge in [0, 0.05) is 30.6 Å². The van der Waals surface area contributed by atoms with Crippen LogP contribution in [0.4, 0.5) is 0 Å². The van der Waals surface area contributed by atoms with E-state index in [2.05, 4.69) is 56.1 Å². The van der Waals surface area contributed by atoms with Crippen molar-refractivity contribution in [2.45, 2.75) is 108 Å². The number of carboxylic acids is 1. The summed E-state index contributed by atoms with van der Waals surface area (Å²) in [6.45, 7) is 13.6. The van der Waals surface area contributed by atoms with Crippen LogP contribution in [0.3, 0.4) is 0 Å². The Morgan fingerprint density at radius 2 is 1.72 bits per heavy atom. The number of hydrogen-bond acceptors (Lipinski definition) is 11. The van der Waals surface area contributed by atoms with Crippen LogP contribution in [0.25, 0.3) is 22.0 Å². The summed E-state index contributed by atoms with van der Waals surface area (Å²) >= 11 is 2.82.